The molecule has 1 fully saturated rings. The van der Waals surface area contributed by atoms with E-state index in [-0.39, 0.29) is 36.8 Å². The van der Waals surface area contributed by atoms with Gasteiger partial charge >= 0.3 is 12.4 Å². The fourth-order valence-electron chi connectivity index (χ4n) is 3.67. The van der Waals surface area contributed by atoms with Gasteiger partial charge in [-0.2, -0.15) is 26.3 Å². The Morgan fingerprint density at radius 2 is 1.61 bits per heavy atom. The van der Waals surface area contributed by atoms with Gasteiger partial charge in [-0.1, -0.05) is 18.2 Å². The van der Waals surface area contributed by atoms with E-state index in [2.05, 4.69) is 0 Å². The van der Waals surface area contributed by atoms with Crippen LogP contribution >= 0.6 is 0 Å². The lowest BCUT2D eigenvalue weighted by Crippen LogP contribution is -2.32. The van der Waals surface area contributed by atoms with E-state index in [1.54, 1.807) is 0 Å². The van der Waals surface area contributed by atoms with E-state index < -0.39 is 36.0 Å². The topological polar surface area (TPSA) is 29.5 Å². The van der Waals surface area contributed by atoms with Crippen molar-refractivity contribution in [1.82, 2.24) is 0 Å². The van der Waals surface area contributed by atoms with E-state index in [9.17, 15) is 31.4 Å². The molecule has 0 bridgehead atoms. The average Bonchev–Trinajstić information content (AvgIpc) is 2.59. The highest BCUT2D eigenvalue weighted by Crippen LogP contribution is 2.44. The zero-order valence-electron chi connectivity index (χ0n) is 15.1. The molecule has 1 aliphatic carbocycles. The standard InChI is InChI=1S/C20H20F6O2/c1-11(27)12-2-8-16-13(10-12)3-9-17(18(16)20(24,25)26)28-15-6-4-14(5-7-15)19(21,22)23/h2-3,8-11,14-15,27H,4-7H2,1H3. The molecule has 1 saturated carbocycles. The Bertz CT molecular complexity index is 833. The number of aliphatic hydroxyl groups excluding tert-OH is 1. The molecule has 0 heterocycles. The molecule has 1 unspecified atom stereocenters. The summed E-state index contributed by atoms with van der Waals surface area (Å²) in [6.45, 7) is 1.51. The molecule has 1 N–H and O–H groups in total. The zero-order chi connectivity index (χ0) is 20.7. The van der Waals surface area contributed by atoms with Crippen LogP contribution in [0.1, 0.15) is 49.8 Å². The molecule has 0 aliphatic heterocycles. The van der Waals surface area contributed by atoms with E-state index in [0.29, 0.717) is 10.9 Å². The van der Waals surface area contributed by atoms with Gasteiger partial charge in [0.1, 0.15) is 11.3 Å². The highest BCUT2D eigenvalue weighted by molar-refractivity contribution is 5.89. The summed E-state index contributed by atoms with van der Waals surface area (Å²) in [5, 5.41) is 9.87. The highest BCUT2D eigenvalue weighted by atomic mass is 19.4. The highest BCUT2D eigenvalue weighted by Gasteiger charge is 2.42. The number of halogens is 6. The molecular formula is C20H20F6O2. The van der Waals surface area contributed by atoms with Crippen molar-refractivity contribution in [3.05, 3.63) is 41.5 Å². The maximum Gasteiger partial charge on any atom is 0.420 e. The van der Waals surface area contributed by atoms with Gasteiger partial charge in [-0.25, -0.2) is 0 Å². The third kappa shape index (κ3) is 4.37. The molecule has 2 nitrogen and oxygen atoms in total. The molecule has 3 rings (SSSR count). The molecule has 28 heavy (non-hydrogen) atoms. The molecule has 8 heteroatoms. The van der Waals surface area contributed by atoms with Gasteiger partial charge < -0.3 is 9.84 Å². The molecule has 1 aliphatic rings. The summed E-state index contributed by atoms with van der Waals surface area (Å²) in [6, 6.07) is 6.85. The van der Waals surface area contributed by atoms with Crippen LogP contribution in [-0.4, -0.2) is 17.4 Å². The molecule has 0 amide bonds. The summed E-state index contributed by atoms with van der Waals surface area (Å²) in [6.07, 6.45) is -10.7. The summed E-state index contributed by atoms with van der Waals surface area (Å²) >= 11 is 0. The van der Waals surface area contributed by atoms with Crippen molar-refractivity contribution in [3.8, 4) is 5.75 Å². The van der Waals surface area contributed by atoms with Gasteiger partial charge in [-0.05, 0) is 61.1 Å². The lowest BCUT2D eigenvalue weighted by atomic mass is 9.87. The molecule has 0 spiro atoms. The second kappa shape index (κ2) is 7.46. The van der Waals surface area contributed by atoms with Crippen LogP contribution in [0.5, 0.6) is 5.75 Å². The van der Waals surface area contributed by atoms with Crippen molar-refractivity contribution in [1.29, 1.82) is 0 Å². The quantitative estimate of drug-likeness (QED) is 0.597. The van der Waals surface area contributed by atoms with Gasteiger partial charge in [0.05, 0.1) is 18.1 Å². The van der Waals surface area contributed by atoms with Crippen LogP contribution in [-0.2, 0) is 6.18 Å². The first-order valence-corrected chi connectivity index (χ1v) is 9.02. The van der Waals surface area contributed by atoms with Gasteiger partial charge in [-0.15, -0.1) is 0 Å². The molecule has 0 aromatic heterocycles. The monoisotopic (exact) mass is 406 g/mol. The van der Waals surface area contributed by atoms with Crippen LogP contribution in [0, 0.1) is 5.92 Å². The average molecular weight is 406 g/mol. The second-order valence-corrected chi connectivity index (χ2v) is 7.23. The minimum absolute atomic E-state index is 0.0560. The first-order chi connectivity index (χ1) is 13.0. The predicted octanol–water partition coefficient (Wildman–Crippen LogP) is 6.41. The van der Waals surface area contributed by atoms with Crippen LogP contribution < -0.4 is 4.74 Å². The summed E-state index contributed by atoms with van der Waals surface area (Å²) < 4.78 is 85.0. The minimum Gasteiger partial charge on any atom is -0.490 e. The van der Waals surface area contributed by atoms with Crippen LogP contribution in [0.4, 0.5) is 26.3 Å². The minimum atomic E-state index is -4.69. The lowest BCUT2D eigenvalue weighted by Gasteiger charge is -2.31. The molecule has 0 saturated heterocycles. The van der Waals surface area contributed by atoms with Gasteiger partial charge in [0.15, 0.2) is 0 Å². The number of fused-ring (bicyclic) bond motifs is 1. The number of aliphatic hydroxyl groups is 1. The van der Waals surface area contributed by atoms with Crippen molar-refractivity contribution in [2.24, 2.45) is 5.92 Å². The molecule has 154 valence electrons. The fraction of sp³-hybridized carbons (Fsp3) is 0.500. The Morgan fingerprint density at radius 3 is 2.14 bits per heavy atom. The summed E-state index contributed by atoms with van der Waals surface area (Å²) in [5.74, 6) is -1.80. The first kappa shape index (κ1) is 20.8. The Balaban J connectivity index is 1.90. The largest absolute Gasteiger partial charge is 0.490 e. The van der Waals surface area contributed by atoms with E-state index in [0.717, 1.165) is 0 Å². The number of ether oxygens (including phenoxy) is 1. The van der Waals surface area contributed by atoms with Gasteiger partial charge in [0.2, 0.25) is 0 Å². The number of hydrogen-bond donors (Lipinski definition) is 1. The van der Waals surface area contributed by atoms with Gasteiger partial charge in [0.25, 0.3) is 0 Å². The Kier molecular flexibility index (Phi) is 5.53. The maximum absolute atomic E-state index is 13.7. The number of alkyl halides is 6. The van der Waals surface area contributed by atoms with Crippen molar-refractivity contribution in [3.63, 3.8) is 0 Å². The van der Waals surface area contributed by atoms with Crippen LogP contribution in [0.15, 0.2) is 30.3 Å². The third-order valence-electron chi connectivity index (χ3n) is 5.20. The van der Waals surface area contributed by atoms with Crippen LogP contribution in [0.2, 0.25) is 0 Å². The molecular weight excluding hydrogens is 386 g/mol. The number of hydrogen-bond acceptors (Lipinski definition) is 2. The van der Waals surface area contributed by atoms with E-state index in [1.165, 1.54) is 37.3 Å². The Hall–Kier alpha value is -1.96. The predicted molar refractivity (Wildman–Crippen MR) is 92.0 cm³/mol. The number of benzene rings is 2. The molecule has 2 aromatic rings. The van der Waals surface area contributed by atoms with E-state index >= 15 is 0 Å². The van der Waals surface area contributed by atoms with Gasteiger partial charge in [0, 0.05) is 0 Å². The maximum atomic E-state index is 13.7. The molecule has 2 aromatic carbocycles. The van der Waals surface area contributed by atoms with Crippen LogP contribution in [0.3, 0.4) is 0 Å². The zero-order valence-corrected chi connectivity index (χ0v) is 15.1. The first-order valence-electron chi connectivity index (χ1n) is 9.02. The number of rotatable bonds is 3. The Morgan fingerprint density at radius 1 is 0.964 bits per heavy atom. The van der Waals surface area contributed by atoms with Crippen molar-refractivity contribution in [2.45, 2.75) is 57.2 Å². The van der Waals surface area contributed by atoms with E-state index in [1.807, 2.05) is 0 Å². The SMILES string of the molecule is CC(O)c1ccc2c(C(F)(F)F)c(OC3CCC(C(F)(F)F)CC3)ccc2c1. The molecule has 1 atom stereocenters. The smallest absolute Gasteiger partial charge is 0.420 e. The van der Waals surface area contributed by atoms with Crippen molar-refractivity contribution >= 4 is 10.8 Å². The van der Waals surface area contributed by atoms with Gasteiger partial charge in [-0.3, -0.25) is 0 Å². The molecule has 0 radical (unpaired) electrons. The van der Waals surface area contributed by atoms with E-state index in [4.69, 9.17) is 4.74 Å². The van der Waals surface area contributed by atoms with Crippen LogP contribution in [0.25, 0.3) is 10.8 Å². The van der Waals surface area contributed by atoms with Crippen molar-refractivity contribution in [2.75, 3.05) is 0 Å². The van der Waals surface area contributed by atoms with Crippen molar-refractivity contribution < 1.29 is 36.2 Å². The fourth-order valence-corrected chi connectivity index (χ4v) is 3.67. The second-order valence-electron chi connectivity index (χ2n) is 7.23. The summed E-state index contributed by atoms with van der Waals surface area (Å²) in [5.41, 5.74) is -0.458. The Labute approximate surface area is 158 Å². The normalized spacial score (nSPS) is 22.3. The summed E-state index contributed by atoms with van der Waals surface area (Å²) in [4.78, 5) is 0. The lowest BCUT2D eigenvalue weighted by molar-refractivity contribution is -0.185. The summed E-state index contributed by atoms with van der Waals surface area (Å²) in [7, 11) is 0. The third-order valence-corrected chi connectivity index (χ3v) is 5.20.